The predicted octanol–water partition coefficient (Wildman–Crippen LogP) is 0.852. The third-order valence-electron chi connectivity index (χ3n) is 3.83. The molecular weight excluding hydrogens is 248 g/mol. The van der Waals surface area contributed by atoms with Crippen molar-refractivity contribution in [2.75, 3.05) is 31.6 Å². The third kappa shape index (κ3) is 3.62. The lowest BCUT2D eigenvalue weighted by atomic mass is 9.75. The van der Waals surface area contributed by atoms with Gasteiger partial charge < -0.3 is 15.7 Å². The Bertz CT molecular complexity index is 287. The molecule has 0 aromatic rings. The number of nitrogens with one attached hydrogen (secondary N) is 2. The molecule has 1 amide bonds. The summed E-state index contributed by atoms with van der Waals surface area (Å²) in [6.45, 7) is 7.90. The van der Waals surface area contributed by atoms with Crippen LogP contribution in [0, 0.1) is 11.3 Å². The molecule has 1 saturated heterocycles. The average molecular weight is 274 g/mol. The monoisotopic (exact) mass is 274 g/mol. The molecule has 18 heavy (non-hydrogen) atoms. The molecule has 5 heteroatoms. The summed E-state index contributed by atoms with van der Waals surface area (Å²) in [5.74, 6) is 1.00. The Morgan fingerprint density at radius 3 is 2.72 bits per heavy atom. The van der Waals surface area contributed by atoms with Crippen LogP contribution in [-0.4, -0.2) is 48.3 Å². The topological polar surface area (TPSA) is 61.4 Å². The first-order valence-electron chi connectivity index (χ1n) is 6.54. The van der Waals surface area contributed by atoms with E-state index >= 15 is 0 Å². The molecule has 1 rings (SSSR count). The lowest BCUT2D eigenvalue weighted by Crippen LogP contribution is -2.51. The predicted molar refractivity (Wildman–Crippen MR) is 76.8 cm³/mol. The molecule has 2 unspecified atom stereocenters. The van der Waals surface area contributed by atoms with Gasteiger partial charge >= 0.3 is 0 Å². The van der Waals surface area contributed by atoms with Crippen LogP contribution >= 0.6 is 11.8 Å². The first-order chi connectivity index (χ1) is 8.34. The van der Waals surface area contributed by atoms with Crippen molar-refractivity contribution in [2.24, 2.45) is 11.3 Å². The Morgan fingerprint density at radius 1 is 1.61 bits per heavy atom. The smallest absolute Gasteiger partial charge is 0.227 e. The van der Waals surface area contributed by atoms with Crippen molar-refractivity contribution in [1.82, 2.24) is 10.6 Å². The SMILES string of the molecule is CSCC(C)(O)CNC(=O)C1(C(C)C)CCNC1. The van der Waals surface area contributed by atoms with Crippen LogP contribution < -0.4 is 10.6 Å². The average Bonchev–Trinajstić information content (AvgIpc) is 2.76. The lowest BCUT2D eigenvalue weighted by molar-refractivity contribution is -0.133. The molecule has 0 spiro atoms. The number of aliphatic hydroxyl groups is 1. The van der Waals surface area contributed by atoms with Gasteiger partial charge in [0.1, 0.15) is 0 Å². The fourth-order valence-electron chi connectivity index (χ4n) is 2.47. The molecule has 4 nitrogen and oxygen atoms in total. The zero-order valence-electron chi connectivity index (χ0n) is 11.9. The highest BCUT2D eigenvalue weighted by atomic mass is 32.2. The molecule has 1 aliphatic heterocycles. The fourth-order valence-corrected chi connectivity index (χ4v) is 3.19. The van der Waals surface area contributed by atoms with Crippen molar-refractivity contribution < 1.29 is 9.90 Å². The van der Waals surface area contributed by atoms with Crippen LogP contribution in [0.2, 0.25) is 0 Å². The number of hydrogen-bond acceptors (Lipinski definition) is 4. The molecule has 1 heterocycles. The van der Waals surface area contributed by atoms with Crippen LogP contribution in [0.15, 0.2) is 0 Å². The van der Waals surface area contributed by atoms with E-state index in [1.165, 1.54) is 0 Å². The molecule has 0 bridgehead atoms. The summed E-state index contributed by atoms with van der Waals surface area (Å²) >= 11 is 1.58. The summed E-state index contributed by atoms with van der Waals surface area (Å²) in [6, 6.07) is 0. The van der Waals surface area contributed by atoms with E-state index in [1.54, 1.807) is 18.7 Å². The standard InChI is InChI=1S/C13H26N2O2S/c1-10(2)13(5-6-14-8-13)11(16)15-7-12(3,17)9-18-4/h10,14,17H,5-9H2,1-4H3,(H,15,16). The number of rotatable bonds is 6. The summed E-state index contributed by atoms with van der Waals surface area (Å²) < 4.78 is 0. The maximum absolute atomic E-state index is 12.4. The van der Waals surface area contributed by atoms with Gasteiger partial charge in [0.15, 0.2) is 0 Å². The normalized spacial score (nSPS) is 27.2. The second kappa shape index (κ2) is 6.26. The Kier molecular flexibility index (Phi) is 5.49. The van der Waals surface area contributed by atoms with Gasteiger partial charge in [-0.05, 0) is 32.1 Å². The Balaban J connectivity index is 2.58. The number of carbonyl (C=O) groups is 1. The number of amides is 1. The minimum Gasteiger partial charge on any atom is -0.387 e. The van der Waals surface area contributed by atoms with Gasteiger partial charge in [-0.15, -0.1) is 0 Å². The van der Waals surface area contributed by atoms with Crippen LogP contribution in [0.4, 0.5) is 0 Å². The summed E-state index contributed by atoms with van der Waals surface area (Å²) in [7, 11) is 0. The summed E-state index contributed by atoms with van der Waals surface area (Å²) in [4.78, 5) is 12.4. The first kappa shape index (κ1) is 15.8. The molecule has 106 valence electrons. The van der Waals surface area contributed by atoms with Crippen LogP contribution in [-0.2, 0) is 4.79 Å². The van der Waals surface area contributed by atoms with Gasteiger partial charge in [0.05, 0.1) is 11.0 Å². The van der Waals surface area contributed by atoms with E-state index in [0.717, 1.165) is 19.5 Å². The largest absolute Gasteiger partial charge is 0.387 e. The van der Waals surface area contributed by atoms with Crippen LogP contribution in [0.3, 0.4) is 0 Å². The Labute approximate surface area is 114 Å². The number of hydrogen-bond donors (Lipinski definition) is 3. The zero-order valence-corrected chi connectivity index (χ0v) is 12.7. The molecule has 1 aliphatic rings. The van der Waals surface area contributed by atoms with E-state index in [2.05, 4.69) is 24.5 Å². The van der Waals surface area contributed by atoms with Crippen molar-refractivity contribution in [2.45, 2.75) is 32.8 Å². The Hall–Kier alpha value is -0.260. The van der Waals surface area contributed by atoms with Crippen molar-refractivity contribution in [3.63, 3.8) is 0 Å². The Morgan fingerprint density at radius 2 is 2.28 bits per heavy atom. The van der Waals surface area contributed by atoms with Crippen molar-refractivity contribution in [1.29, 1.82) is 0 Å². The molecule has 0 aromatic carbocycles. The van der Waals surface area contributed by atoms with E-state index in [4.69, 9.17) is 0 Å². The second-order valence-electron chi connectivity index (χ2n) is 5.85. The minimum atomic E-state index is -0.834. The second-order valence-corrected chi connectivity index (χ2v) is 6.72. The lowest BCUT2D eigenvalue weighted by Gasteiger charge is -2.33. The van der Waals surface area contributed by atoms with E-state index < -0.39 is 5.60 Å². The van der Waals surface area contributed by atoms with Crippen LogP contribution in [0.25, 0.3) is 0 Å². The highest BCUT2D eigenvalue weighted by molar-refractivity contribution is 7.98. The van der Waals surface area contributed by atoms with Gasteiger partial charge in [-0.25, -0.2) is 0 Å². The van der Waals surface area contributed by atoms with E-state index in [0.29, 0.717) is 18.2 Å². The van der Waals surface area contributed by atoms with Gasteiger partial charge in [-0.3, -0.25) is 4.79 Å². The minimum absolute atomic E-state index is 0.0730. The maximum Gasteiger partial charge on any atom is 0.227 e. The van der Waals surface area contributed by atoms with Gasteiger partial charge in [-0.1, -0.05) is 13.8 Å². The summed E-state index contributed by atoms with van der Waals surface area (Å²) in [6.07, 6.45) is 2.83. The first-order valence-corrected chi connectivity index (χ1v) is 7.94. The van der Waals surface area contributed by atoms with Crippen LogP contribution in [0.5, 0.6) is 0 Å². The van der Waals surface area contributed by atoms with E-state index in [-0.39, 0.29) is 11.3 Å². The van der Waals surface area contributed by atoms with Gasteiger partial charge in [0.25, 0.3) is 0 Å². The number of thioether (sulfide) groups is 1. The summed E-state index contributed by atoms with van der Waals surface area (Å²) in [5, 5.41) is 16.3. The van der Waals surface area contributed by atoms with E-state index in [9.17, 15) is 9.90 Å². The molecule has 2 atom stereocenters. The van der Waals surface area contributed by atoms with Crippen molar-refractivity contribution in [3.8, 4) is 0 Å². The molecular formula is C13H26N2O2S. The molecule has 1 fully saturated rings. The third-order valence-corrected chi connectivity index (χ3v) is 4.74. The molecule has 0 aromatic heterocycles. The molecule has 0 radical (unpaired) electrons. The maximum atomic E-state index is 12.4. The van der Waals surface area contributed by atoms with Crippen LogP contribution in [0.1, 0.15) is 27.2 Å². The van der Waals surface area contributed by atoms with Crippen molar-refractivity contribution >= 4 is 17.7 Å². The highest BCUT2D eigenvalue weighted by Gasteiger charge is 2.44. The number of carbonyl (C=O) groups excluding carboxylic acids is 1. The quantitative estimate of drug-likeness (QED) is 0.672. The zero-order chi connectivity index (χ0) is 13.8. The van der Waals surface area contributed by atoms with Gasteiger partial charge in [0.2, 0.25) is 5.91 Å². The molecule has 3 N–H and O–H groups in total. The highest BCUT2D eigenvalue weighted by Crippen LogP contribution is 2.34. The molecule has 0 aliphatic carbocycles. The fraction of sp³-hybridized carbons (Fsp3) is 0.923. The molecule has 0 saturated carbocycles. The van der Waals surface area contributed by atoms with Crippen molar-refractivity contribution in [3.05, 3.63) is 0 Å². The van der Waals surface area contributed by atoms with E-state index in [1.807, 2.05) is 6.26 Å². The van der Waals surface area contributed by atoms with Gasteiger partial charge in [0, 0.05) is 18.8 Å². The summed E-state index contributed by atoms with van der Waals surface area (Å²) in [5.41, 5.74) is -1.14. The van der Waals surface area contributed by atoms with Gasteiger partial charge in [-0.2, -0.15) is 11.8 Å².